The second-order valence-corrected chi connectivity index (χ2v) is 3.37. The summed E-state index contributed by atoms with van der Waals surface area (Å²) in [7, 11) is 1.59. The normalized spacial score (nSPS) is 12.2. The summed E-state index contributed by atoms with van der Waals surface area (Å²) in [6, 6.07) is 0.0150. The molecular formula is C11H21NO4. The van der Waals surface area contributed by atoms with Crippen molar-refractivity contribution in [2.45, 2.75) is 19.4 Å². The van der Waals surface area contributed by atoms with Gasteiger partial charge in [0, 0.05) is 31.9 Å². The van der Waals surface area contributed by atoms with Gasteiger partial charge in [-0.15, -0.1) is 0 Å². The molecule has 0 bridgehead atoms. The molecule has 0 aromatic rings. The van der Waals surface area contributed by atoms with Crippen LogP contribution in [0.2, 0.25) is 0 Å². The van der Waals surface area contributed by atoms with E-state index in [9.17, 15) is 4.79 Å². The molecule has 0 aliphatic carbocycles. The zero-order valence-electron chi connectivity index (χ0n) is 9.99. The highest BCUT2D eigenvalue weighted by atomic mass is 16.5. The smallest absolute Gasteiger partial charge is 0.334 e. The first-order valence-electron chi connectivity index (χ1n) is 5.33. The number of ether oxygens (including phenoxy) is 2. The van der Waals surface area contributed by atoms with Gasteiger partial charge in [0.1, 0.15) is 0 Å². The average Bonchev–Trinajstić information content (AvgIpc) is 2.26. The summed E-state index contributed by atoms with van der Waals surface area (Å²) in [6.07, 6.45) is 0.573. The minimum Gasteiger partial charge on any atom is -0.463 e. The van der Waals surface area contributed by atoms with E-state index in [2.05, 4.69) is 11.9 Å². The Kier molecular flexibility index (Phi) is 8.80. The molecule has 16 heavy (non-hydrogen) atoms. The van der Waals surface area contributed by atoms with Crippen LogP contribution in [0.15, 0.2) is 12.2 Å². The van der Waals surface area contributed by atoms with Crippen LogP contribution in [0.25, 0.3) is 0 Å². The van der Waals surface area contributed by atoms with E-state index in [-0.39, 0.29) is 12.6 Å². The Morgan fingerprint density at radius 2 is 2.25 bits per heavy atom. The summed E-state index contributed by atoms with van der Waals surface area (Å²) in [5.41, 5.74) is 0.376. The van der Waals surface area contributed by atoms with Crippen LogP contribution in [0.4, 0.5) is 0 Å². The van der Waals surface area contributed by atoms with E-state index in [0.29, 0.717) is 31.8 Å². The van der Waals surface area contributed by atoms with Gasteiger partial charge in [-0.3, -0.25) is 0 Å². The van der Waals surface area contributed by atoms with Gasteiger partial charge < -0.3 is 19.9 Å². The zero-order valence-corrected chi connectivity index (χ0v) is 9.99. The van der Waals surface area contributed by atoms with E-state index in [0.717, 1.165) is 0 Å². The molecule has 0 heterocycles. The van der Waals surface area contributed by atoms with Crippen LogP contribution < -0.4 is 5.32 Å². The first kappa shape index (κ1) is 15.1. The Bertz CT molecular complexity index is 212. The second kappa shape index (κ2) is 9.33. The molecule has 0 amide bonds. The third kappa shape index (κ3) is 6.55. The highest BCUT2D eigenvalue weighted by Crippen LogP contribution is 1.97. The average molecular weight is 231 g/mol. The van der Waals surface area contributed by atoms with Crippen LogP contribution in [-0.4, -0.2) is 50.6 Å². The van der Waals surface area contributed by atoms with Gasteiger partial charge in [0.15, 0.2) is 0 Å². The van der Waals surface area contributed by atoms with E-state index < -0.39 is 5.97 Å². The van der Waals surface area contributed by atoms with Gasteiger partial charge in [-0.05, 0) is 13.3 Å². The van der Waals surface area contributed by atoms with Gasteiger partial charge in [0.05, 0.1) is 13.2 Å². The van der Waals surface area contributed by atoms with Crippen LogP contribution in [0.3, 0.4) is 0 Å². The second-order valence-electron chi connectivity index (χ2n) is 3.37. The number of carbonyl (C=O) groups is 1. The van der Waals surface area contributed by atoms with E-state index in [1.807, 2.05) is 0 Å². The minimum atomic E-state index is -0.393. The molecule has 0 fully saturated rings. The Morgan fingerprint density at radius 3 is 2.75 bits per heavy atom. The SMILES string of the molecule is C=C(CNC(CCO)COC)C(=O)OCC. The molecule has 1 atom stereocenters. The maximum Gasteiger partial charge on any atom is 0.334 e. The third-order valence-electron chi connectivity index (χ3n) is 2.01. The molecule has 5 heteroatoms. The molecule has 0 aromatic carbocycles. The van der Waals surface area contributed by atoms with Crippen LogP contribution >= 0.6 is 0 Å². The van der Waals surface area contributed by atoms with Crippen molar-refractivity contribution in [3.63, 3.8) is 0 Å². The van der Waals surface area contributed by atoms with E-state index in [4.69, 9.17) is 14.6 Å². The molecular weight excluding hydrogens is 210 g/mol. The van der Waals surface area contributed by atoms with Crippen LogP contribution in [-0.2, 0) is 14.3 Å². The fraction of sp³-hybridized carbons (Fsp3) is 0.727. The van der Waals surface area contributed by atoms with Crippen LogP contribution in [0.5, 0.6) is 0 Å². The summed E-state index contributed by atoms with van der Waals surface area (Å²) in [5, 5.41) is 11.9. The number of hydrogen-bond donors (Lipinski definition) is 2. The first-order chi connectivity index (χ1) is 7.65. The molecule has 94 valence electrons. The molecule has 0 rings (SSSR count). The van der Waals surface area contributed by atoms with Gasteiger partial charge in [0.2, 0.25) is 0 Å². The van der Waals surface area contributed by atoms with Gasteiger partial charge in [-0.1, -0.05) is 6.58 Å². The monoisotopic (exact) mass is 231 g/mol. The van der Waals surface area contributed by atoms with Gasteiger partial charge >= 0.3 is 5.97 Å². The van der Waals surface area contributed by atoms with Gasteiger partial charge in [0.25, 0.3) is 0 Å². The lowest BCUT2D eigenvalue weighted by molar-refractivity contribution is -0.138. The standard InChI is InChI=1S/C11H21NO4/c1-4-16-11(14)9(2)7-12-10(5-6-13)8-15-3/h10,12-13H,2,4-8H2,1,3H3. The Morgan fingerprint density at radius 1 is 1.56 bits per heavy atom. The molecule has 0 saturated carbocycles. The van der Waals surface area contributed by atoms with Crippen LogP contribution in [0, 0.1) is 0 Å². The maximum absolute atomic E-state index is 11.2. The molecule has 5 nitrogen and oxygen atoms in total. The largest absolute Gasteiger partial charge is 0.463 e. The number of hydrogen-bond acceptors (Lipinski definition) is 5. The number of nitrogens with one attached hydrogen (secondary N) is 1. The zero-order chi connectivity index (χ0) is 12.4. The highest BCUT2D eigenvalue weighted by molar-refractivity contribution is 5.88. The van der Waals surface area contributed by atoms with Crippen molar-refractivity contribution in [2.75, 3.05) is 33.5 Å². The lowest BCUT2D eigenvalue weighted by Crippen LogP contribution is -2.36. The summed E-state index contributed by atoms with van der Waals surface area (Å²) >= 11 is 0. The quantitative estimate of drug-likeness (QED) is 0.435. The predicted octanol–water partition coefficient (Wildman–Crippen LogP) is 0.0927. The van der Waals surface area contributed by atoms with Crippen molar-refractivity contribution < 1.29 is 19.4 Å². The molecule has 0 aliphatic heterocycles. The minimum absolute atomic E-state index is 0.0150. The van der Waals surface area contributed by atoms with Crippen molar-refractivity contribution in [3.05, 3.63) is 12.2 Å². The summed E-state index contributed by atoms with van der Waals surface area (Å²) in [6.45, 7) is 6.62. The van der Waals surface area contributed by atoms with E-state index >= 15 is 0 Å². The van der Waals surface area contributed by atoms with Crippen molar-refractivity contribution in [1.29, 1.82) is 0 Å². The number of rotatable bonds is 9. The predicted molar refractivity (Wildman–Crippen MR) is 61.1 cm³/mol. The summed E-state index contributed by atoms with van der Waals surface area (Å²) in [5.74, 6) is -0.393. The number of methoxy groups -OCH3 is 1. The van der Waals surface area contributed by atoms with Crippen molar-refractivity contribution in [3.8, 4) is 0 Å². The fourth-order valence-electron chi connectivity index (χ4n) is 1.17. The van der Waals surface area contributed by atoms with Gasteiger partial charge in [-0.2, -0.15) is 0 Å². The van der Waals surface area contributed by atoms with Crippen molar-refractivity contribution in [2.24, 2.45) is 0 Å². The molecule has 0 saturated heterocycles. The number of esters is 1. The number of carbonyl (C=O) groups excluding carboxylic acids is 1. The van der Waals surface area contributed by atoms with Crippen LogP contribution in [0.1, 0.15) is 13.3 Å². The Hall–Kier alpha value is -0.910. The molecule has 2 N–H and O–H groups in total. The third-order valence-corrected chi connectivity index (χ3v) is 2.01. The lowest BCUT2D eigenvalue weighted by atomic mass is 10.2. The maximum atomic E-state index is 11.2. The molecule has 0 aromatic heterocycles. The number of aliphatic hydroxyl groups is 1. The molecule has 0 spiro atoms. The van der Waals surface area contributed by atoms with E-state index in [1.165, 1.54) is 0 Å². The summed E-state index contributed by atoms with van der Waals surface area (Å²) < 4.78 is 9.77. The topological polar surface area (TPSA) is 67.8 Å². The summed E-state index contributed by atoms with van der Waals surface area (Å²) in [4.78, 5) is 11.2. The molecule has 1 unspecified atom stereocenters. The van der Waals surface area contributed by atoms with Crippen molar-refractivity contribution in [1.82, 2.24) is 5.32 Å². The van der Waals surface area contributed by atoms with Gasteiger partial charge in [-0.25, -0.2) is 4.79 Å². The number of aliphatic hydroxyl groups excluding tert-OH is 1. The molecule has 0 aliphatic rings. The lowest BCUT2D eigenvalue weighted by Gasteiger charge is -2.17. The van der Waals surface area contributed by atoms with E-state index in [1.54, 1.807) is 14.0 Å². The Labute approximate surface area is 96.4 Å². The van der Waals surface area contributed by atoms with Crippen molar-refractivity contribution >= 4 is 5.97 Å². The fourth-order valence-corrected chi connectivity index (χ4v) is 1.17. The molecule has 0 radical (unpaired) electrons. The highest BCUT2D eigenvalue weighted by Gasteiger charge is 2.11. The first-order valence-corrected chi connectivity index (χ1v) is 5.33. The Balaban J connectivity index is 3.89.